The van der Waals surface area contributed by atoms with Crippen molar-refractivity contribution in [2.45, 2.75) is 37.2 Å². The van der Waals surface area contributed by atoms with Crippen LogP contribution in [0, 0.1) is 0 Å². The molecule has 34 heavy (non-hydrogen) atoms. The Kier molecular flexibility index (Phi) is 5.74. The van der Waals surface area contributed by atoms with Crippen LogP contribution >= 0.6 is 11.8 Å². The number of amides is 2. The standard InChI is InChI=1S/C24H21N5O4S/c1-3-18(23(32)33-13-29-21(30)14-9-5-6-10-15(14)22(29)31)34-24-25-20-19(26-27-24)16-11-7-8-12-17(16)28(20)4-2/h5-12,18H,3-4,13H2,1-2H3. The minimum absolute atomic E-state index is 0.309. The number of rotatable bonds is 7. The second-order valence-corrected chi connectivity index (χ2v) is 8.89. The molecule has 1 atom stereocenters. The molecule has 0 saturated carbocycles. The molecule has 9 nitrogen and oxygen atoms in total. The molecule has 2 amide bonds. The van der Waals surface area contributed by atoms with E-state index in [9.17, 15) is 14.4 Å². The van der Waals surface area contributed by atoms with Gasteiger partial charge >= 0.3 is 5.97 Å². The molecule has 0 bridgehead atoms. The maximum atomic E-state index is 12.8. The predicted octanol–water partition coefficient (Wildman–Crippen LogP) is 3.67. The molecule has 0 spiro atoms. The van der Waals surface area contributed by atoms with Gasteiger partial charge in [-0.3, -0.25) is 14.4 Å². The molecule has 0 saturated heterocycles. The fourth-order valence-electron chi connectivity index (χ4n) is 4.06. The Bertz CT molecular complexity index is 1420. The topological polar surface area (TPSA) is 107 Å². The summed E-state index contributed by atoms with van der Waals surface area (Å²) in [7, 11) is 0. The number of benzene rings is 2. The highest BCUT2D eigenvalue weighted by atomic mass is 32.2. The van der Waals surface area contributed by atoms with E-state index in [2.05, 4.69) is 19.7 Å². The number of aromatic nitrogens is 4. The molecule has 0 radical (unpaired) electrons. The van der Waals surface area contributed by atoms with Crippen LogP contribution in [-0.2, 0) is 16.1 Å². The molecule has 10 heteroatoms. The van der Waals surface area contributed by atoms with Crippen LogP contribution in [0.4, 0.5) is 0 Å². The molecule has 1 aliphatic heterocycles. The lowest BCUT2D eigenvalue weighted by molar-refractivity contribution is -0.145. The van der Waals surface area contributed by atoms with Crippen LogP contribution in [-0.4, -0.2) is 54.4 Å². The van der Waals surface area contributed by atoms with E-state index >= 15 is 0 Å². The van der Waals surface area contributed by atoms with Gasteiger partial charge in [0.05, 0.1) is 16.6 Å². The highest BCUT2D eigenvalue weighted by molar-refractivity contribution is 8.00. The van der Waals surface area contributed by atoms with Crippen LogP contribution in [0.3, 0.4) is 0 Å². The Balaban J connectivity index is 1.32. The number of hydrogen-bond acceptors (Lipinski definition) is 8. The van der Waals surface area contributed by atoms with Gasteiger partial charge in [0.2, 0.25) is 5.16 Å². The van der Waals surface area contributed by atoms with Crippen LogP contribution < -0.4 is 0 Å². The van der Waals surface area contributed by atoms with Crippen LogP contribution in [0.25, 0.3) is 22.1 Å². The van der Waals surface area contributed by atoms with Gasteiger partial charge in [-0.05, 0) is 31.5 Å². The number of carbonyl (C=O) groups excluding carboxylic acids is 3. The van der Waals surface area contributed by atoms with Gasteiger partial charge in [0, 0.05) is 11.9 Å². The Morgan fingerprint density at radius 3 is 2.35 bits per heavy atom. The highest BCUT2D eigenvalue weighted by Crippen LogP contribution is 2.29. The molecule has 0 N–H and O–H groups in total. The second kappa shape index (κ2) is 8.86. The van der Waals surface area contributed by atoms with Crippen LogP contribution in [0.15, 0.2) is 53.7 Å². The number of para-hydroxylation sites is 1. The molecule has 1 unspecified atom stereocenters. The van der Waals surface area contributed by atoms with E-state index in [0.29, 0.717) is 40.4 Å². The molecule has 172 valence electrons. The lowest BCUT2D eigenvalue weighted by Gasteiger charge is -2.17. The van der Waals surface area contributed by atoms with Crippen LogP contribution in [0.2, 0.25) is 0 Å². The van der Waals surface area contributed by atoms with Gasteiger partial charge < -0.3 is 9.30 Å². The van der Waals surface area contributed by atoms with E-state index in [-0.39, 0.29) is 0 Å². The first-order chi connectivity index (χ1) is 16.5. The summed E-state index contributed by atoms with van der Waals surface area (Å²) < 4.78 is 7.41. The van der Waals surface area contributed by atoms with Gasteiger partial charge in [-0.15, -0.1) is 10.2 Å². The molecule has 0 aliphatic carbocycles. The second-order valence-electron chi connectivity index (χ2n) is 7.72. The smallest absolute Gasteiger partial charge is 0.321 e. The monoisotopic (exact) mass is 475 g/mol. The molecule has 3 heterocycles. The third kappa shape index (κ3) is 3.60. The van der Waals surface area contributed by atoms with Gasteiger partial charge in [-0.25, -0.2) is 9.88 Å². The number of thioether (sulfide) groups is 1. The van der Waals surface area contributed by atoms with Crippen molar-refractivity contribution >= 4 is 51.6 Å². The van der Waals surface area contributed by atoms with Crippen molar-refractivity contribution in [3.8, 4) is 0 Å². The zero-order valence-electron chi connectivity index (χ0n) is 18.6. The van der Waals surface area contributed by atoms with Crippen molar-refractivity contribution in [3.63, 3.8) is 0 Å². The summed E-state index contributed by atoms with van der Waals surface area (Å²) in [4.78, 5) is 43.4. The average Bonchev–Trinajstić information content (AvgIpc) is 3.31. The molecule has 1 aliphatic rings. The van der Waals surface area contributed by atoms with Gasteiger partial charge in [-0.2, -0.15) is 0 Å². The maximum Gasteiger partial charge on any atom is 0.321 e. The van der Waals surface area contributed by atoms with E-state index in [1.54, 1.807) is 24.3 Å². The number of imide groups is 1. The molecular weight excluding hydrogens is 454 g/mol. The Morgan fingerprint density at radius 2 is 1.68 bits per heavy atom. The summed E-state index contributed by atoms with van der Waals surface area (Å²) in [6.45, 7) is 4.15. The first-order valence-corrected chi connectivity index (χ1v) is 11.8. The lowest BCUT2D eigenvalue weighted by Crippen LogP contribution is -2.35. The number of hydrogen-bond donors (Lipinski definition) is 0. The van der Waals surface area contributed by atoms with Gasteiger partial charge in [0.25, 0.3) is 11.8 Å². The van der Waals surface area contributed by atoms with Crippen molar-refractivity contribution in [1.29, 1.82) is 0 Å². The molecule has 0 fully saturated rings. The van der Waals surface area contributed by atoms with Crippen LogP contribution in [0.1, 0.15) is 41.0 Å². The largest absolute Gasteiger partial charge is 0.443 e. The van der Waals surface area contributed by atoms with Crippen molar-refractivity contribution in [2.24, 2.45) is 0 Å². The predicted molar refractivity (Wildman–Crippen MR) is 126 cm³/mol. The molecule has 2 aromatic heterocycles. The number of ether oxygens (including phenoxy) is 1. The Labute approximate surface area is 199 Å². The average molecular weight is 476 g/mol. The fraction of sp³-hybridized carbons (Fsp3) is 0.250. The summed E-state index contributed by atoms with van der Waals surface area (Å²) in [6, 6.07) is 14.4. The number of fused-ring (bicyclic) bond motifs is 4. The highest BCUT2D eigenvalue weighted by Gasteiger charge is 2.36. The SMILES string of the molecule is CCC(Sc1nnc2c3ccccc3n(CC)c2n1)C(=O)OCN1C(=O)c2ccccc2C1=O. The summed E-state index contributed by atoms with van der Waals surface area (Å²) in [5.74, 6) is -1.50. The lowest BCUT2D eigenvalue weighted by atomic mass is 10.1. The summed E-state index contributed by atoms with van der Waals surface area (Å²) >= 11 is 1.15. The van der Waals surface area contributed by atoms with Gasteiger partial charge in [-0.1, -0.05) is 49.0 Å². The third-order valence-corrected chi connectivity index (χ3v) is 6.96. The number of aryl methyl sites for hydroxylation is 1. The zero-order chi connectivity index (χ0) is 23.8. The number of nitrogens with zero attached hydrogens (tertiary/aromatic N) is 5. The number of carbonyl (C=O) groups is 3. The van der Waals surface area contributed by atoms with E-state index in [0.717, 1.165) is 27.6 Å². The summed E-state index contributed by atoms with van der Waals surface area (Å²) in [5, 5.41) is 9.31. The molecular formula is C24H21N5O4S. The Morgan fingerprint density at radius 1 is 1.00 bits per heavy atom. The van der Waals surface area contributed by atoms with Crippen LogP contribution in [0.5, 0.6) is 0 Å². The van der Waals surface area contributed by atoms with Crippen molar-refractivity contribution in [3.05, 3.63) is 59.7 Å². The first kappa shape index (κ1) is 22.0. The Hall–Kier alpha value is -3.79. The van der Waals surface area contributed by atoms with Crippen molar-refractivity contribution < 1.29 is 19.1 Å². The quantitative estimate of drug-likeness (QED) is 0.226. The van der Waals surface area contributed by atoms with Gasteiger partial charge in [0.15, 0.2) is 12.4 Å². The minimum Gasteiger partial charge on any atom is -0.443 e. The summed E-state index contributed by atoms with van der Waals surface area (Å²) in [5.41, 5.74) is 3.06. The van der Waals surface area contributed by atoms with E-state index in [1.165, 1.54) is 0 Å². The molecule has 4 aromatic rings. The summed E-state index contributed by atoms with van der Waals surface area (Å²) in [6.07, 6.45) is 0.448. The van der Waals surface area contributed by atoms with Gasteiger partial charge in [0.1, 0.15) is 10.8 Å². The minimum atomic E-state index is -0.617. The van der Waals surface area contributed by atoms with E-state index in [1.807, 2.05) is 38.1 Å². The molecule has 2 aromatic carbocycles. The fourth-order valence-corrected chi connectivity index (χ4v) is 4.87. The maximum absolute atomic E-state index is 12.8. The number of esters is 1. The third-order valence-electron chi connectivity index (χ3n) is 5.77. The van der Waals surface area contributed by atoms with E-state index in [4.69, 9.17) is 4.74 Å². The van der Waals surface area contributed by atoms with E-state index < -0.39 is 29.8 Å². The van der Waals surface area contributed by atoms with Crippen molar-refractivity contribution in [2.75, 3.05) is 6.73 Å². The van der Waals surface area contributed by atoms with Crippen molar-refractivity contribution in [1.82, 2.24) is 24.6 Å². The molecule has 5 rings (SSSR count). The first-order valence-electron chi connectivity index (χ1n) is 10.9. The normalized spacial score (nSPS) is 14.1. The zero-order valence-corrected chi connectivity index (χ0v) is 19.4.